The molecule has 19 heavy (non-hydrogen) atoms. The predicted molar refractivity (Wildman–Crippen MR) is 79.7 cm³/mol. The van der Waals surface area contributed by atoms with E-state index in [1.54, 1.807) is 19.0 Å². The number of nitrogen functional groups attached to an aromatic ring is 1. The Morgan fingerprint density at radius 1 is 1.32 bits per heavy atom. The molecule has 0 saturated heterocycles. The summed E-state index contributed by atoms with van der Waals surface area (Å²) in [6.45, 7) is 4.94. The van der Waals surface area contributed by atoms with Gasteiger partial charge in [-0.25, -0.2) is 0 Å². The topological polar surface area (TPSA) is 49.6 Å². The van der Waals surface area contributed by atoms with E-state index in [0.717, 1.165) is 31.7 Å². The number of rotatable bonds is 7. The Morgan fingerprint density at radius 2 is 2.05 bits per heavy atom. The molecule has 0 aliphatic rings. The SMILES string of the molecule is CCN(CCCC(=O)N(C)C)Cc1cccc(N)c1. The van der Waals surface area contributed by atoms with Crippen LogP contribution in [0.5, 0.6) is 0 Å². The first-order chi connectivity index (χ1) is 9.02. The van der Waals surface area contributed by atoms with Crippen LogP contribution in [0.3, 0.4) is 0 Å². The van der Waals surface area contributed by atoms with Gasteiger partial charge in [0.25, 0.3) is 0 Å². The zero-order valence-corrected chi connectivity index (χ0v) is 12.2. The van der Waals surface area contributed by atoms with Gasteiger partial charge in [-0.2, -0.15) is 0 Å². The zero-order valence-electron chi connectivity index (χ0n) is 12.2. The average Bonchev–Trinajstić information content (AvgIpc) is 2.37. The number of nitrogens with two attached hydrogens (primary N) is 1. The molecule has 1 aromatic rings. The molecule has 0 aliphatic carbocycles. The largest absolute Gasteiger partial charge is 0.399 e. The number of carbonyl (C=O) groups excluding carboxylic acids is 1. The average molecular weight is 263 g/mol. The van der Waals surface area contributed by atoms with Gasteiger partial charge in [-0.05, 0) is 37.2 Å². The van der Waals surface area contributed by atoms with Gasteiger partial charge in [-0.3, -0.25) is 9.69 Å². The third-order valence-corrected chi connectivity index (χ3v) is 3.17. The van der Waals surface area contributed by atoms with Gasteiger partial charge in [-0.1, -0.05) is 19.1 Å². The lowest BCUT2D eigenvalue weighted by molar-refractivity contribution is -0.128. The monoisotopic (exact) mass is 263 g/mol. The molecule has 4 heteroatoms. The highest BCUT2D eigenvalue weighted by atomic mass is 16.2. The van der Waals surface area contributed by atoms with Gasteiger partial charge in [0.2, 0.25) is 5.91 Å². The minimum atomic E-state index is 0.194. The van der Waals surface area contributed by atoms with Gasteiger partial charge in [-0.15, -0.1) is 0 Å². The third kappa shape index (κ3) is 5.75. The summed E-state index contributed by atoms with van der Waals surface area (Å²) in [6, 6.07) is 7.97. The quantitative estimate of drug-likeness (QED) is 0.765. The zero-order chi connectivity index (χ0) is 14.3. The molecule has 0 aliphatic heterocycles. The molecular weight excluding hydrogens is 238 g/mol. The molecule has 0 radical (unpaired) electrons. The van der Waals surface area contributed by atoms with E-state index >= 15 is 0 Å². The highest BCUT2D eigenvalue weighted by Crippen LogP contribution is 2.10. The second-order valence-corrected chi connectivity index (χ2v) is 5.01. The van der Waals surface area contributed by atoms with Gasteiger partial charge in [0.05, 0.1) is 0 Å². The number of hydrogen-bond acceptors (Lipinski definition) is 3. The van der Waals surface area contributed by atoms with Crippen molar-refractivity contribution in [3.05, 3.63) is 29.8 Å². The van der Waals surface area contributed by atoms with Crippen molar-refractivity contribution in [3.63, 3.8) is 0 Å². The van der Waals surface area contributed by atoms with Crippen molar-refractivity contribution in [2.75, 3.05) is 32.9 Å². The van der Waals surface area contributed by atoms with Crippen molar-refractivity contribution in [3.8, 4) is 0 Å². The number of nitrogens with zero attached hydrogens (tertiary/aromatic N) is 2. The summed E-state index contributed by atoms with van der Waals surface area (Å²) < 4.78 is 0. The Labute approximate surface area is 116 Å². The van der Waals surface area contributed by atoms with E-state index in [-0.39, 0.29) is 5.91 Å². The maximum atomic E-state index is 11.5. The lowest BCUT2D eigenvalue weighted by Gasteiger charge is -2.21. The Bertz CT molecular complexity index is 404. The minimum absolute atomic E-state index is 0.194. The molecule has 0 unspecified atom stereocenters. The second kappa shape index (κ2) is 7.79. The number of benzene rings is 1. The van der Waals surface area contributed by atoms with Crippen molar-refractivity contribution < 1.29 is 4.79 Å². The predicted octanol–water partition coefficient (Wildman–Crippen LogP) is 1.96. The molecule has 4 nitrogen and oxygen atoms in total. The normalized spacial score (nSPS) is 10.7. The van der Waals surface area contributed by atoms with E-state index in [1.165, 1.54) is 5.56 Å². The summed E-state index contributed by atoms with van der Waals surface area (Å²) in [4.78, 5) is 15.5. The summed E-state index contributed by atoms with van der Waals surface area (Å²) in [5.41, 5.74) is 7.81. The molecule has 0 fully saturated rings. The molecular formula is C15H25N3O. The van der Waals surface area contributed by atoms with E-state index in [9.17, 15) is 4.79 Å². The number of carbonyl (C=O) groups is 1. The molecule has 0 saturated carbocycles. The summed E-state index contributed by atoms with van der Waals surface area (Å²) in [5, 5.41) is 0. The van der Waals surface area contributed by atoms with E-state index in [1.807, 2.05) is 18.2 Å². The van der Waals surface area contributed by atoms with E-state index in [4.69, 9.17) is 5.73 Å². The molecule has 0 bridgehead atoms. The fraction of sp³-hybridized carbons (Fsp3) is 0.533. The molecule has 0 heterocycles. The van der Waals surface area contributed by atoms with E-state index in [2.05, 4.69) is 17.9 Å². The third-order valence-electron chi connectivity index (χ3n) is 3.17. The lowest BCUT2D eigenvalue weighted by Crippen LogP contribution is -2.26. The van der Waals surface area contributed by atoms with Crippen molar-refractivity contribution in [1.82, 2.24) is 9.80 Å². The van der Waals surface area contributed by atoms with Crippen LogP contribution in [0.2, 0.25) is 0 Å². The standard InChI is InChI=1S/C15H25N3O/c1-4-18(10-6-9-15(19)17(2)3)12-13-7-5-8-14(16)11-13/h5,7-8,11H,4,6,9-10,12,16H2,1-3H3. The van der Waals surface area contributed by atoms with Crippen LogP contribution in [0, 0.1) is 0 Å². The van der Waals surface area contributed by atoms with Crippen molar-refractivity contribution in [1.29, 1.82) is 0 Å². The minimum Gasteiger partial charge on any atom is -0.399 e. The molecule has 106 valence electrons. The van der Waals surface area contributed by atoms with Gasteiger partial charge in [0.15, 0.2) is 0 Å². The van der Waals surface area contributed by atoms with Gasteiger partial charge in [0, 0.05) is 32.7 Å². The van der Waals surface area contributed by atoms with Crippen LogP contribution >= 0.6 is 0 Å². The van der Waals surface area contributed by atoms with Crippen molar-refractivity contribution in [2.45, 2.75) is 26.3 Å². The molecule has 1 amide bonds. The van der Waals surface area contributed by atoms with Crippen molar-refractivity contribution >= 4 is 11.6 Å². The second-order valence-electron chi connectivity index (χ2n) is 5.01. The van der Waals surface area contributed by atoms with Crippen molar-refractivity contribution in [2.24, 2.45) is 0 Å². The van der Waals surface area contributed by atoms with Crippen LogP contribution in [0.15, 0.2) is 24.3 Å². The van der Waals surface area contributed by atoms with Crippen LogP contribution in [-0.2, 0) is 11.3 Å². The van der Waals surface area contributed by atoms with E-state index < -0.39 is 0 Å². The molecule has 0 atom stereocenters. The number of hydrogen-bond donors (Lipinski definition) is 1. The summed E-state index contributed by atoms with van der Waals surface area (Å²) >= 11 is 0. The summed E-state index contributed by atoms with van der Waals surface area (Å²) in [6.07, 6.45) is 1.51. The maximum Gasteiger partial charge on any atom is 0.222 e. The summed E-state index contributed by atoms with van der Waals surface area (Å²) in [7, 11) is 3.60. The Hall–Kier alpha value is -1.55. The highest BCUT2D eigenvalue weighted by molar-refractivity contribution is 5.75. The number of anilines is 1. The first kappa shape index (κ1) is 15.5. The smallest absolute Gasteiger partial charge is 0.222 e. The molecule has 2 N–H and O–H groups in total. The lowest BCUT2D eigenvalue weighted by atomic mass is 10.2. The molecule has 0 spiro atoms. The van der Waals surface area contributed by atoms with Gasteiger partial charge in [0.1, 0.15) is 0 Å². The fourth-order valence-electron chi connectivity index (χ4n) is 1.98. The Morgan fingerprint density at radius 3 is 2.63 bits per heavy atom. The van der Waals surface area contributed by atoms with Crippen LogP contribution < -0.4 is 5.73 Å². The maximum absolute atomic E-state index is 11.5. The summed E-state index contributed by atoms with van der Waals surface area (Å²) in [5.74, 6) is 0.194. The Kier molecular flexibility index (Phi) is 6.36. The molecule has 0 aromatic heterocycles. The fourth-order valence-corrected chi connectivity index (χ4v) is 1.98. The number of amides is 1. The van der Waals surface area contributed by atoms with Crippen LogP contribution in [0.1, 0.15) is 25.3 Å². The Balaban J connectivity index is 2.40. The van der Waals surface area contributed by atoms with Gasteiger partial charge < -0.3 is 10.6 Å². The molecule has 1 rings (SSSR count). The highest BCUT2D eigenvalue weighted by Gasteiger charge is 2.07. The van der Waals surface area contributed by atoms with E-state index in [0.29, 0.717) is 6.42 Å². The first-order valence-corrected chi connectivity index (χ1v) is 6.80. The van der Waals surface area contributed by atoms with Crippen LogP contribution in [-0.4, -0.2) is 42.9 Å². The molecule has 1 aromatic carbocycles. The van der Waals surface area contributed by atoms with Crippen LogP contribution in [0.25, 0.3) is 0 Å². The first-order valence-electron chi connectivity index (χ1n) is 6.80. The van der Waals surface area contributed by atoms with Gasteiger partial charge >= 0.3 is 0 Å². The van der Waals surface area contributed by atoms with Crippen LogP contribution in [0.4, 0.5) is 5.69 Å².